The Morgan fingerprint density at radius 3 is 2.63 bits per heavy atom. The number of hydrogen-bond donors (Lipinski definition) is 3. The van der Waals surface area contributed by atoms with E-state index in [1.54, 1.807) is 6.07 Å². The second-order valence-corrected chi connectivity index (χ2v) is 10.8. The highest BCUT2D eigenvalue weighted by atomic mass is 19.1. The topological polar surface area (TPSA) is 91.5 Å². The molecule has 2 saturated heterocycles. The normalized spacial score (nSPS) is 20.0. The lowest BCUT2D eigenvalue weighted by molar-refractivity contribution is -0.0299. The summed E-state index contributed by atoms with van der Waals surface area (Å²) in [6.07, 6.45) is 2.56. The van der Waals surface area contributed by atoms with E-state index in [-0.39, 0.29) is 24.1 Å². The molecule has 2 atom stereocenters. The van der Waals surface area contributed by atoms with Gasteiger partial charge >= 0.3 is 0 Å². The first kappa shape index (κ1) is 27.3. The van der Waals surface area contributed by atoms with Crippen LogP contribution in [-0.2, 0) is 16.0 Å². The number of nitrogens with one attached hydrogen (secondary N) is 3. The zero-order valence-corrected chi connectivity index (χ0v) is 22.8. The number of hydrogen-bond acceptors (Lipinski definition) is 6. The van der Waals surface area contributed by atoms with Gasteiger partial charge in [0.05, 0.1) is 22.8 Å². The zero-order valence-electron chi connectivity index (χ0n) is 22.8. The summed E-state index contributed by atoms with van der Waals surface area (Å²) in [5.41, 5.74) is 7.10. The lowest BCUT2D eigenvalue weighted by Crippen LogP contribution is -2.34. The summed E-state index contributed by atoms with van der Waals surface area (Å²) in [6.45, 7) is 2.19. The van der Waals surface area contributed by atoms with E-state index in [4.69, 9.17) is 9.57 Å². The van der Waals surface area contributed by atoms with E-state index in [9.17, 15) is 13.6 Å². The number of para-hydroxylation sites is 1. The third-order valence-electron chi connectivity index (χ3n) is 7.92. The van der Waals surface area contributed by atoms with Gasteiger partial charge in [0.25, 0.3) is 5.91 Å². The molecule has 0 aliphatic carbocycles. The molecule has 2 fully saturated rings. The van der Waals surface area contributed by atoms with Crippen LogP contribution >= 0.6 is 0 Å². The number of aromatic amines is 1. The molecule has 2 aliphatic heterocycles. The Morgan fingerprint density at radius 2 is 1.83 bits per heavy atom. The van der Waals surface area contributed by atoms with Crippen molar-refractivity contribution in [3.05, 3.63) is 94.7 Å². The Morgan fingerprint density at radius 1 is 1.05 bits per heavy atom. The van der Waals surface area contributed by atoms with E-state index in [1.807, 2.05) is 43.4 Å². The number of aromatic nitrogens is 2. The Labute approximate surface area is 237 Å². The van der Waals surface area contributed by atoms with Gasteiger partial charge in [-0.1, -0.05) is 18.2 Å². The summed E-state index contributed by atoms with van der Waals surface area (Å²) >= 11 is 0. The quantitative estimate of drug-likeness (QED) is 0.259. The van der Waals surface area contributed by atoms with Crippen molar-refractivity contribution < 1.29 is 23.1 Å². The molecule has 1 unspecified atom stereocenters. The van der Waals surface area contributed by atoms with E-state index < -0.39 is 11.6 Å². The van der Waals surface area contributed by atoms with Crippen LogP contribution in [0, 0.1) is 11.6 Å². The van der Waals surface area contributed by atoms with Crippen molar-refractivity contribution in [1.82, 2.24) is 20.6 Å². The number of likely N-dealkylation sites (N-methyl/N-ethyl adjacent to an activating group) is 1. The third-order valence-corrected chi connectivity index (χ3v) is 7.92. The molecule has 1 aromatic heterocycles. The Kier molecular flexibility index (Phi) is 7.95. The number of benzene rings is 3. The number of fused-ring (bicyclic) bond motifs is 1. The Balaban J connectivity index is 1.18. The first-order valence-corrected chi connectivity index (χ1v) is 14.0. The Bertz CT molecular complexity index is 1520. The highest BCUT2D eigenvalue weighted by molar-refractivity contribution is 5.99. The number of amides is 1. The maximum Gasteiger partial charge on any atom is 0.276 e. The van der Waals surface area contributed by atoms with Gasteiger partial charge in [-0.05, 0) is 80.3 Å². The molecule has 4 aromatic rings. The van der Waals surface area contributed by atoms with Gasteiger partial charge in [-0.25, -0.2) is 14.3 Å². The molecule has 3 N–H and O–H groups in total. The summed E-state index contributed by atoms with van der Waals surface area (Å²) in [5.74, 6) is -1.50. The van der Waals surface area contributed by atoms with Crippen LogP contribution in [0.1, 0.15) is 52.5 Å². The van der Waals surface area contributed by atoms with Crippen molar-refractivity contribution in [1.29, 1.82) is 0 Å². The number of rotatable bonds is 8. The second kappa shape index (κ2) is 11.9. The van der Waals surface area contributed by atoms with Crippen LogP contribution < -0.4 is 10.8 Å². The van der Waals surface area contributed by atoms with E-state index in [2.05, 4.69) is 25.9 Å². The van der Waals surface area contributed by atoms with Crippen molar-refractivity contribution in [2.24, 2.45) is 0 Å². The number of carbonyl (C=O) groups excluding carboxylic acids is 1. The maximum atomic E-state index is 13.7. The highest BCUT2D eigenvalue weighted by Gasteiger charge is 2.37. The lowest BCUT2D eigenvalue weighted by Gasteiger charge is -2.26. The zero-order chi connectivity index (χ0) is 28.3. The second-order valence-electron chi connectivity index (χ2n) is 10.8. The van der Waals surface area contributed by atoms with Gasteiger partial charge in [-0.15, -0.1) is 0 Å². The molecule has 2 aliphatic rings. The Hall–Kier alpha value is -3.86. The summed E-state index contributed by atoms with van der Waals surface area (Å²) in [7, 11) is 2.01. The number of H-pyrrole nitrogens is 1. The molecule has 0 bridgehead atoms. The van der Waals surface area contributed by atoms with Gasteiger partial charge < -0.3 is 10.1 Å². The van der Waals surface area contributed by atoms with Gasteiger partial charge in [0.1, 0.15) is 17.7 Å². The van der Waals surface area contributed by atoms with Gasteiger partial charge in [0.15, 0.2) is 0 Å². The molecule has 1 amide bonds. The standard InChI is InChI=1S/C31H33F2N5O3/c1-38-11-8-28(41-37-31(39)24-4-2-3-5-26(24)34-23-9-12-40-13-10-23)30(38)29-25-17-19(6-7-27(25)35-36-29)14-20-15-21(32)18-22(33)16-20/h2-7,15-18,23,28,30,34H,8-14H2,1H3,(H,35,36)(H,37,39)/t28-,30?/m0/s1. The minimum Gasteiger partial charge on any atom is -0.381 e. The first-order chi connectivity index (χ1) is 19.9. The molecule has 3 heterocycles. The summed E-state index contributed by atoms with van der Waals surface area (Å²) in [4.78, 5) is 21.4. The lowest BCUT2D eigenvalue weighted by atomic mass is 10.00. The number of hydroxylamine groups is 1. The van der Waals surface area contributed by atoms with E-state index >= 15 is 0 Å². The molecule has 8 nitrogen and oxygen atoms in total. The van der Waals surface area contributed by atoms with Crippen molar-refractivity contribution >= 4 is 22.5 Å². The number of ether oxygens (including phenoxy) is 1. The molecule has 0 saturated carbocycles. The minimum atomic E-state index is -0.596. The molecule has 6 rings (SSSR count). The van der Waals surface area contributed by atoms with Crippen LogP contribution in [-0.4, -0.2) is 60.0 Å². The molecular weight excluding hydrogens is 528 g/mol. The predicted octanol–water partition coefficient (Wildman–Crippen LogP) is 5.13. The number of halogens is 2. The van der Waals surface area contributed by atoms with Crippen LogP contribution in [0.4, 0.5) is 14.5 Å². The average molecular weight is 562 g/mol. The molecular formula is C31H33F2N5O3. The number of anilines is 1. The average Bonchev–Trinajstić information content (AvgIpc) is 3.54. The number of likely N-dealkylation sites (tertiary alicyclic amines) is 1. The van der Waals surface area contributed by atoms with Crippen LogP contribution in [0.15, 0.2) is 60.7 Å². The number of carbonyl (C=O) groups is 1. The van der Waals surface area contributed by atoms with Crippen molar-refractivity contribution in [2.75, 3.05) is 32.1 Å². The molecule has 0 spiro atoms. The summed E-state index contributed by atoms with van der Waals surface area (Å²) in [5, 5.41) is 12.1. The fourth-order valence-electron chi connectivity index (χ4n) is 5.86. The molecule has 3 aromatic carbocycles. The van der Waals surface area contributed by atoms with E-state index in [1.165, 1.54) is 12.1 Å². The maximum absolute atomic E-state index is 13.7. The first-order valence-electron chi connectivity index (χ1n) is 14.0. The van der Waals surface area contributed by atoms with Crippen LogP contribution in [0.25, 0.3) is 10.9 Å². The summed E-state index contributed by atoms with van der Waals surface area (Å²) in [6, 6.07) is 16.9. The molecule has 0 radical (unpaired) electrons. The van der Waals surface area contributed by atoms with Crippen molar-refractivity contribution in [2.45, 2.75) is 43.9 Å². The molecule has 214 valence electrons. The monoisotopic (exact) mass is 561 g/mol. The number of nitrogens with zero attached hydrogens (tertiary/aromatic N) is 2. The largest absolute Gasteiger partial charge is 0.381 e. The molecule has 41 heavy (non-hydrogen) atoms. The predicted molar refractivity (Wildman–Crippen MR) is 151 cm³/mol. The summed E-state index contributed by atoms with van der Waals surface area (Å²) < 4.78 is 32.9. The van der Waals surface area contributed by atoms with Gasteiger partial charge in [-0.3, -0.25) is 19.6 Å². The van der Waals surface area contributed by atoms with E-state index in [0.29, 0.717) is 37.2 Å². The van der Waals surface area contributed by atoms with Crippen LogP contribution in [0.5, 0.6) is 0 Å². The minimum absolute atomic E-state index is 0.183. The SMILES string of the molecule is CN1CC[C@H](ONC(=O)c2ccccc2NC2CCOCC2)C1c1[nH]nc2ccc(Cc3cc(F)cc(F)c3)cc12. The highest BCUT2D eigenvalue weighted by Crippen LogP contribution is 2.36. The third kappa shape index (κ3) is 6.09. The van der Waals surface area contributed by atoms with Crippen LogP contribution in [0.2, 0.25) is 0 Å². The fourth-order valence-corrected chi connectivity index (χ4v) is 5.86. The van der Waals surface area contributed by atoms with Crippen molar-refractivity contribution in [3.63, 3.8) is 0 Å². The fraction of sp³-hybridized carbons (Fsp3) is 0.355. The van der Waals surface area contributed by atoms with Gasteiger partial charge in [-0.2, -0.15) is 5.10 Å². The van der Waals surface area contributed by atoms with Gasteiger partial charge in [0.2, 0.25) is 0 Å². The van der Waals surface area contributed by atoms with Crippen molar-refractivity contribution in [3.8, 4) is 0 Å². The van der Waals surface area contributed by atoms with E-state index in [0.717, 1.165) is 53.3 Å². The van der Waals surface area contributed by atoms with Gasteiger partial charge in [0, 0.05) is 42.9 Å². The smallest absolute Gasteiger partial charge is 0.276 e. The molecule has 10 heteroatoms. The van der Waals surface area contributed by atoms with Crippen LogP contribution in [0.3, 0.4) is 0 Å².